The average Bonchev–Trinajstić information content (AvgIpc) is 1.61. The van der Waals surface area contributed by atoms with Gasteiger partial charge in [0.25, 0.3) is 0 Å². The third kappa shape index (κ3) is 5.48. The van der Waals surface area contributed by atoms with Crippen LogP contribution in [0.25, 0.3) is 0 Å². The largest absolute Gasteiger partial charge is 0.0991 e. The van der Waals surface area contributed by atoms with Gasteiger partial charge in [0.1, 0.15) is 0 Å². The van der Waals surface area contributed by atoms with Gasteiger partial charge in [0.15, 0.2) is 0 Å². The first-order valence-electron chi connectivity index (χ1n) is 2.39. The summed E-state index contributed by atoms with van der Waals surface area (Å²) in [4.78, 5) is 0. The van der Waals surface area contributed by atoms with Crippen LogP contribution in [0.4, 0.5) is 0 Å². The molecule has 0 saturated carbocycles. The van der Waals surface area contributed by atoms with Crippen molar-refractivity contribution in [1.29, 1.82) is 0 Å². The van der Waals surface area contributed by atoms with Crippen LogP contribution in [0.3, 0.4) is 0 Å². The van der Waals surface area contributed by atoms with Crippen molar-refractivity contribution in [3.05, 3.63) is 31.7 Å². The summed E-state index contributed by atoms with van der Waals surface area (Å²) in [7, 11) is 0. The Bertz CT molecular complexity index is 68.1. The second-order valence-corrected chi connectivity index (χ2v) is 1.60. The maximum Gasteiger partial charge on any atom is -0.0259 e. The van der Waals surface area contributed by atoms with E-state index in [1.165, 1.54) is 0 Å². The van der Waals surface area contributed by atoms with Crippen LogP contribution in [0.15, 0.2) is 24.8 Å². The summed E-state index contributed by atoms with van der Waals surface area (Å²) in [5.41, 5.74) is 0. The molecule has 1 radical (unpaired) electrons. The quantitative estimate of drug-likeness (QED) is 0.461. The molecular formula is C7H11. The van der Waals surface area contributed by atoms with Crippen molar-refractivity contribution in [2.45, 2.75) is 6.92 Å². The molecule has 0 heteroatoms. The van der Waals surface area contributed by atoms with Crippen molar-refractivity contribution in [3.63, 3.8) is 0 Å². The highest BCUT2D eigenvalue weighted by molar-refractivity contribution is 4.99. The van der Waals surface area contributed by atoms with Crippen LogP contribution in [0.5, 0.6) is 0 Å². The highest BCUT2D eigenvalue weighted by Crippen LogP contribution is 1.90. The van der Waals surface area contributed by atoms with Gasteiger partial charge in [-0.3, -0.25) is 0 Å². The van der Waals surface area contributed by atoms with Gasteiger partial charge < -0.3 is 0 Å². The second kappa shape index (κ2) is 3.66. The Morgan fingerprint density at radius 2 is 2.14 bits per heavy atom. The fourth-order valence-corrected chi connectivity index (χ4v) is 0.268. The predicted octanol–water partition coefficient (Wildman–Crippen LogP) is 2.20. The highest BCUT2D eigenvalue weighted by atomic mass is 13.8. The Morgan fingerprint density at radius 3 is 2.29 bits per heavy atom. The van der Waals surface area contributed by atoms with Gasteiger partial charge >= 0.3 is 0 Å². The Morgan fingerprint density at radius 1 is 1.57 bits per heavy atom. The summed E-state index contributed by atoms with van der Waals surface area (Å²) in [6.07, 6.45) is 5.65. The first kappa shape index (κ1) is 6.48. The van der Waals surface area contributed by atoms with Gasteiger partial charge in [0.2, 0.25) is 0 Å². The molecule has 0 aliphatic carbocycles. The van der Waals surface area contributed by atoms with E-state index >= 15 is 0 Å². The van der Waals surface area contributed by atoms with Crippen molar-refractivity contribution in [1.82, 2.24) is 0 Å². The number of allylic oxidation sites excluding steroid dienone is 3. The SMILES string of the molecule is [CH2]C(C)/C=C/C=C. The first-order valence-corrected chi connectivity index (χ1v) is 2.39. The summed E-state index contributed by atoms with van der Waals surface area (Å²) >= 11 is 0. The van der Waals surface area contributed by atoms with Crippen LogP contribution in [-0.4, -0.2) is 0 Å². The van der Waals surface area contributed by atoms with E-state index in [-0.39, 0.29) is 0 Å². The minimum atomic E-state index is 0.401. The molecule has 7 heavy (non-hydrogen) atoms. The van der Waals surface area contributed by atoms with E-state index in [1.807, 2.05) is 19.1 Å². The minimum Gasteiger partial charge on any atom is -0.0991 e. The van der Waals surface area contributed by atoms with E-state index in [9.17, 15) is 0 Å². The molecule has 0 nitrogen and oxygen atoms in total. The van der Waals surface area contributed by atoms with Gasteiger partial charge in [-0.25, -0.2) is 0 Å². The van der Waals surface area contributed by atoms with Crippen LogP contribution in [0.1, 0.15) is 6.92 Å². The predicted molar refractivity (Wildman–Crippen MR) is 33.9 cm³/mol. The zero-order valence-corrected chi connectivity index (χ0v) is 4.72. The Balaban J connectivity index is 3.25. The summed E-state index contributed by atoms with van der Waals surface area (Å²) < 4.78 is 0. The van der Waals surface area contributed by atoms with Gasteiger partial charge in [0.05, 0.1) is 0 Å². The van der Waals surface area contributed by atoms with Gasteiger partial charge in [0, 0.05) is 0 Å². The molecule has 0 heterocycles. The molecule has 0 aromatic rings. The summed E-state index contributed by atoms with van der Waals surface area (Å²) in [5, 5.41) is 0. The molecule has 0 spiro atoms. The van der Waals surface area contributed by atoms with Crippen molar-refractivity contribution in [2.24, 2.45) is 5.92 Å². The monoisotopic (exact) mass is 95.1 g/mol. The van der Waals surface area contributed by atoms with Crippen LogP contribution < -0.4 is 0 Å². The van der Waals surface area contributed by atoms with Gasteiger partial charge in [-0.1, -0.05) is 31.7 Å². The summed E-state index contributed by atoms with van der Waals surface area (Å²) in [6, 6.07) is 0. The zero-order chi connectivity index (χ0) is 5.70. The fourth-order valence-electron chi connectivity index (χ4n) is 0.268. The standard InChI is InChI=1S/C7H11/c1-4-5-6-7(2)3/h4-7H,1-2H2,3H3/b6-5+. The zero-order valence-electron chi connectivity index (χ0n) is 4.72. The molecule has 0 saturated heterocycles. The Kier molecular flexibility index (Phi) is 3.39. The van der Waals surface area contributed by atoms with Crippen molar-refractivity contribution >= 4 is 0 Å². The number of hydrogen-bond donors (Lipinski definition) is 0. The Labute approximate surface area is 45.5 Å². The van der Waals surface area contributed by atoms with Crippen LogP contribution in [0.2, 0.25) is 0 Å². The number of rotatable bonds is 2. The lowest BCUT2D eigenvalue weighted by atomic mass is 10.2. The van der Waals surface area contributed by atoms with Gasteiger partial charge in [-0.15, -0.1) is 0 Å². The molecule has 0 rings (SSSR count). The Hall–Kier alpha value is -0.520. The summed E-state index contributed by atoms with van der Waals surface area (Å²) in [6.45, 7) is 9.29. The molecule has 0 bridgehead atoms. The van der Waals surface area contributed by atoms with E-state index in [2.05, 4.69) is 13.5 Å². The lowest BCUT2D eigenvalue weighted by molar-refractivity contribution is 0.936. The summed E-state index contributed by atoms with van der Waals surface area (Å²) in [5.74, 6) is 0.401. The molecule has 0 aromatic heterocycles. The second-order valence-electron chi connectivity index (χ2n) is 1.60. The smallest absolute Gasteiger partial charge is 0.0259 e. The third-order valence-corrected chi connectivity index (χ3v) is 0.576. The first-order chi connectivity index (χ1) is 3.27. The normalized spacial score (nSPS) is 10.7. The van der Waals surface area contributed by atoms with E-state index in [1.54, 1.807) is 6.08 Å². The molecular weight excluding hydrogens is 84.1 g/mol. The molecule has 0 amide bonds. The van der Waals surface area contributed by atoms with E-state index < -0.39 is 0 Å². The topological polar surface area (TPSA) is 0 Å². The number of hydrogen-bond acceptors (Lipinski definition) is 0. The molecule has 0 aliphatic rings. The lowest BCUT2D eigenvalue weighted by Gasteiger charge is -1.87. The maximum absolute atomic E-state index is 3.74. The molecule has 0 fully saturated rings. The van der Waals surface area contributed by atoms with Gasteiger partial charge in [-0.2, -0.15) is 0 Å². The van der Waals surface area contributed by atoms with Crippen LogP contribution in [-0.2, 0) is 0 Å². The van der Waals surface area contributed by atoms with E-state index in [0.717, 1.165) is 0 Å². The van der Waals surface area contributed by atoms with Gasteiger partial charge in [-0.05, 0) is 12.8 Å². The van der Waals surface area contributed by atoms with Crippen molar-refractivity contribution in [3.8, 4) is 0 Å². The van der Waals surface area contributed by atoms with E-state index in [4.69, 9.17) is 0 Å². The molecule has 1 atom stereocenters. The fraction of sp³-hybridized carbons (Fsp3) is 0.286. The van der Waals surface area contributed by atoms with Crippen molar-refractivity contribution < 1.29 is 0 Å². The highest BCUT2D eigenvalue weighted by Gasteiger charge is 1.77. The van der Waals surface area contributed by atoms with Crippen molar-refractivity contribution in [2.75, 3.05) is 0 Å². The van der Waals surface area contributed by atoms with E-state index in [0.29, 0.717) is 5.92 Å². The minimum absolute atomic E-state index is 0.401. The third-order valence-electron chi connectivity index (χ3n) is 0.576. The molecule has 1 unspecified atom stereocenters. The molecule has 39 valence electrons. The molecule has 0 aliphatic heterocycles. The molecule has 0 N–H and O–H groups in total. The molecule has 0 aromatic carbocycles. The van der Waals surface area contributed by atoms with Crippen LogP contribution in [0, 0.1) is 12.8 Å². The lowest BCUT2D eigenvalue weighted by Crippen LogP contribution is -1.74. The average molecular weight is 95.2 g/mol. The van der Waals surface area contributed by atoms with Crippen LogP contribution >= 0.6 is 0 Å². The maximum atomic E-state index is 3.74.